The SMILES string of the molecule is C=Cc1ccc(COCOCc2ccc(C=C)cc2)cc1. The molecule has 108 valence electrons. The molecule has 0 bridgehead atoms. The van der Waals surface area contributed by atoms with Crippen LogP contribution in [0.2, 0.25) is 0 Å². The highest BCUT2D eigenvalue weighted by Crippen LogP contribution is 2.08. The van der Waals surface area contributed by atoms with Crippen molar-refractivity contribution in [1.82, 2.24) is 0 Å². The summed E-state index contributed by atoms with van der Waals surface area (Å²) in [6.45, 7) is 8.84. The highest BCUT2D eigenvalue weighted by Gasteiger charge is 1.96. The van der Waals surface area contributed by atoms with Crippen molar-refractivity contribution in [2.24, 2.45) is 0 Å². The van der Waals surface area contributed by atoms with Gasteiger partial charge in [0.1, 0.15) is 6.79 Å². The third-order valence-corrected chi connectivity index (χ3v) is 3.13. The van der Waals surface area contributed by atoms with Gasteiger partial charge in [0.25, 0.3) is 0 Å². The summed E-state index contributed by atoms with van der Waals surface area (Å²) < 4.78 is 11.0. The highest BCUT2D eigenvalue weighted by molar-refractivity contribution is 5.47. The van der Waals surface area contributed by atoms with Crippen LogP contribution in [0.25, 0.3) is 12.2 Å². The lowest BCUT2D eigenvalue weighted by Gasteiger charge is -2.07. The molecule has 0 aliphatic carbocycles. The van der Waals surface area contributed by atoms with Gasteiger partial charge in [-0.2, -0.15) is 0 Å². The molecule has 0 fully saturated rings. The zero-order valence-electron chi connectivity index (χ0n) is 12.1. The molecule has 2 rings (SSSR count). The number of ether oxygens (including phenoxy) is 2. The van der Waals surface area contributed by atoms with Crippen molar-refractivity contribution < 1.29 is 9.47 Å². The van der Waals surface area contributed by atoms with E-state index in [1.807, 2.05) is 60.7 Å². The fourth-order valence-corrected chi connectivity index (χ4v) is 1.88. The lowest BCUT2D eigenvalue weighted by atomic mass is 10.1. The Morgan fingerprint density at radius 2 is 1.05 bits per heavy atom. The van der Waals surface area contributed by atoms with Gasteiger partial charge in [0, 0.05) is 0 Å². The molecule has 0 radical (unpaired) electrons. The first-order chi connectivity index (χ1) is 10.3. The van der Waals surface area contributed by atoms with Crippen LogP contribution in [0.1, 0.15) is 22.3 Å². The van der Waals surface area contributed by atoms with Gasteiger partial charge in [-0.25, -0.2) is 0 Å². The summed E-state index contributed by atoms with van der Waals surface area (Å²) in [5.41, 5.74) is 4.47. The van der Waals surface area contributed by atoms with Crippen LogP contribution in [0.5, 0.6) is 0 Å². The molecule has 2 heteroatoms. The van der Waals surface area contributed by atoms with Gasteiger partial charge in [0.15, 0.2) is 0 Å². The van der Waals surface area contributed by atoms with Crippen molar-refractivity contribution in [3.8, 4) is 0 Å². The zero-order chi connectivity index (χ0) is 14.9. The molecule has 0 aromatic heterocycles. The number of hydrogen-bond acceptors (Lipinski definition) is 2. The summed E-state index contributed by atoms with van der Waals surface area (Å²) in [5.74, 6) is 0. The minimum Gasteiger partial charge on any atom is -0.351 e. The predicted molar refractivity (Wildman–Crippen MR) is 87.5 cm³/mol. The largest absolute Gasteiger partial charge is 0.351 e. The van der Waals surface area contributed by atoms with E-state index in [4.69, 9.17) is 9.47 Å². The molecular formula is C19H20O2. The summed E-state index contributed by atoms with van der Waals surface area (Å²) in [4.78, 5) is 0. The Morgan fingerprint density at radius 3 is 1.38 bits per heavy atom. The third-order valence-electron chi connectivity index (χ3n) is 3.13. The van der Waals surface area contributed by atoms with Crippen molar-refractivity contribution in [2.45, 2.75) is 13.2 Å². The zero-order valence-corrected chi connectivity index (χ0v) is 12.1. The summed E-state index contributed by atoms with van der Waals surface area (Å²) in [5, 5.41) is 0. The van der Waals surface area contributed by atoms with E-state index in [-0.39, 0.29) is 6.79 Å². The quantitative estimate of drug-likeness (QED) is 0.517. The molecule has 0 heterocycles. The second kappa shape index (κ2) is 8.20. The fourth-order valence-electron chi connectivity index (χ4n) is 1.88. The molecule has 0 saturated heterocycles. The predicted octanol–water partition coefficient (Wildman–Crippen LogP) is 4.66. The first kappa shape index (κ1) is 15.2. The molecule has 0 N–H and O–H groups in total. The van der Waals surface area contributed by atoms with Gasteiger partial charge >= 0.3 is 0 Å². The topological polar surface area (TPSA) is 18.5 Å². The van der Waals surface area contributed by atoms with E-state index in [2.05, 4.69) is 13.2 Å². The number of rotatable bonds is 8. The number of hydrogen-bond donors (Lipinski definition) is 0. The summed E-state index contributed by atoms with van der Waals surface area (Å²) >= 11 is 0. The number of benzene rings is 2. The van der Waals surface area contributed by atoms with Crippen molar-refractivity contribution >= 4 is 12.2 Å². The van der Waals surface area contributed by atoms with Gasteiger partial charge in [0.05, 0.1) is 13.2 Å². The second-order valence-corrected chi connectivity index (χ2v) is 4.71. The molecule has 0 aliphatic rings. The van der Waals surface area contributed by atoms with Gasteiger partial charge in [-0.05, 0) is 22.3 Å². The van der Waals surface area contributed by atoms with Crippen LogP contribution >= 0.6 is 0 Å². The van der Waals surface area contributed by atoms with E-state index < -0.39 is 0 Å². The lowest BCUT2D eigenvalue weighted by Crippen LogP contribution is -2.00. The van der Waals surface area contributed by atoms with Crippen molar-refractivity contribution in [3.63, 3.8) is 0 Å². The molecule has 0 aliphatic heterocycles. The second-order valence-electron chi connectivity index (χ2n) is 4.71. The highest BCUT2D eigenvalue weighted by atomic mass is 16.7. The fraction of sp³-hybridized carbons (Fsp3) is 0.158. The summed E-state index contributed by atoms with van der Waals surface area (Å²) in [7, 11) is 0. The molecule has 21 heavy (non-hydrogen) atoms. The maximum absolute atomic E-state index is 5.50. The van der Waals surface area contributed by atoms with E-state index in [1.165, 1.54) is 0 Å². The first-order valence-electron chi connectivity index (χ1n) is 6.90. The standard InChI is InChI=1S/C19H20O2/c1-3-16-5-9-18(10-6-16)13-20-15-21-14-19-11-7-17(4-2)8-12-19/h3-12H,1-2,13-15H2. The van der Waals surface area contributed by atoms with E-state index in [1.54, 1.807) is 0 Å². The van der Waals surface area contributed by atoms with Crippen LogP contribution in [-0.4, -0.2) is 6.79 Å². The van der Waals surface area contributed by atoms with Gasteiger partial charge < -0.3 is 9.47 Å². The molecule has 2 nitrogen and oxygen atoms in total. The Hall–Kier alpha value is -2.16. The van der Waals surface area contributed by atoms with Crippen LogP contribution in [0.15, 0.2) is 61.7 Å². The molecule has 2 aromatic rings. The molecule has 2 aromatic carbocycles. The van der Waals surface area contributed by atoms with Crippen LogP contribution in [0.4, 0.5) is 0 Å². The average molecular weight is 280 g/mol. The van der Waals surface area contributed by atoms with Gasteiger partial charge in [-0.3, -0.25) is 0 Å². The van der Waals surface area contributed by atoms with Crippen molar-refractivity contribution in [2.75, 3.05) is 6.79 Å². The van der Waals surface area contributed by atoms with Crippen LogP contribution in [0, 0.1) is 0 Å². The molecule has 0 amide bonds. The van der Waals surface area contributed by atoms with E-state index in [9.17, 15) is 0 Å². The summed E-state index contributed by atoms with van der Waals surface area (Å²) in [6.07, 6.45) is 3.65. The van der Waals surface area contributed by atoms with Crippen molar-refractivity contribution in [3.05, 3.63) is 83.9 Å². The van der Waals surface area contributed by atoms with E-state index in [0.717, 1.165) is 22.3 Å². The Labute approximate surface area is 126 Å². The van der Waals surface area contributed by atoms with Crippen LogP contribution < -0.4 is 0 Å². The Bertz CT molecular complexity index is 514. The Morgan fingerprint density at radius 1 is 0.667 bits per heavy atom. The Balaban J connectivity index is 1.66. The van der Waals surface area contributed by atoms with Gasteiger partial charge in [-0.1, -0.05) is 73.8 Å². The lowest BCUT2D eigenvalue weighted by molar-refractivity contribution is -0.0689. The minimum absolute atomic E-state index is 0.284. The van der Waals surface area contributed by atoms with Crippen LogP contribution in [-0.2, 0) is 22.7 Å². The van der Waals surface area contributed by atoms with Gasteiger partial charge in [0.2, 0.25) is 0 Å². The Kier molecular flexibility index (Phi) is 5.95. The van der Waals surface area contributed by atoms with E-state index >= 15 is 0 Å². The monoisotopic (exact) mass is 280 g/mol. The van der Waals surface area contributed by atoms with Gasteiger partial charge in [-0.15, -0.1) is 0 Å². The molecule has 0 spiro atoms. The molecule has 0 atom stereocenters. The van der Waals surface area contributed by atoms with E-state index in [0.29, 0.717) is 13.2 Å². The molecule has 0 unspecified atom stereocenters. The minimum atomic E-state index is 0.284. The molecule has 0 saturated carbocycles. The third kappa shape index (κ3) is 5.03. The van der Waals surface area contributed by atoms with Crippen molar-refractivity contribution in [1.29, 1.82) is 0 Å². The average Bonchev–Trinajstić information content (AvgIpc) is 2.55. The maximum Gasteiger partial charge on any atom is 0.147 e. The smallest absolute Gasteiger partial charge is 0.147 e. The normalized spacial score (nSPS) is 10.3. The van der Waals surface area contributed by atoms with Crippen LogP contribution in [0.3, 0.4) is 0 Å². The molecular weight excluding hydrogens is 260 g/mol. The maximum atomic E-state index is 5.50. The summed E-state index contributed by atoms with van der Waals surface area (Å²) in [6, 6.07) is 16.2. The first-order valence-corrected chi connectivity index (χ1v) is 6.90.